The molecule has 0 heterocycles. The summed E-state index contributed by atoms with van der Waals surface area (Å²) in [5.74, 6) is -1.47. The lowest BCUT2D eigenvalue weighted by Crippen LogP contribution is -2.40. The standard InChI is InChI=1S/C26H24FNO4/c1-17(14-25(29)30)28(15-18-10-12-19(27)13-11-18)26(31)32-16-24-22-8-4-2-6-20(22)21-7-3-5-9-23(21)24/h2-13,17,24H,14-16H2,1H3,(H,29,30). The number of fused-ring (bicyclic) bond motifs is 3. The Labute approximate surface area is 186 Å². The number of aliphatic carboxylic acids is 1. The molecule has 3 aromatic carbocycles. The third kappa shape index (κ3) is 4.49. The third-order valence-corrected chi connectivity index (χ3v) is 5.84. The number of carboxylic acids is 1. The van der Waals surface area contributed by atoms with Crippen LogP contribution in [0.4, 0.5) is 9.18 Å². The zero-order valence-electron chi connectivity index (χ0n) is 17.7. The van der Waals surface area contributed by atoms with Gasteiger partial charge in [-0.25, -0.2) is 9.18 Å². The summed E-state index contributed by atoms with van der Waals surface area (Å²) in [4.78, 5) is 25.7. The first-order valence-electron chi connectivity index (χ1n) is 10.5. The number of amides is 1. The molecule has 1 unspecified atom stereocenters. The van der Waals surface area contributed by atoms with Gasteiger partial charge in [-0.2, -0.15) is 0 Å². The molecule has 5 nitrogen and oxygen atoms in total. The minimum absolute atomic E-state index is 0.0891. The normalized spacial score (nSPS) is 13.2. The zero-order chi connectivity index (χ0) is 22.7. The summed E-state index contributed by atoms with van der Waals surface area (Å²) in [6, 6.07) is 21.3. The van der Waals surface area contributed by atoms with Gasteiger partial charge in [-0.05, 0) is 46.9 Å². The summed E-state index contributed by atoms with van der Waals surface area (Å²) in [6.45, 7) is 1.94. The van der Waals surface area contributed by atoms with Crippen LogP contribution in [-0.4, -0.2) is 34.7 Å². The number of halogens is 1. The van der Waals surface area contributed by atoms with Crippen molar-refractivity contribution in [3.05, 3.63) is 95.3 Å². The molecule has 1 atom stereocenters. The molecule has 0 saturated heterocycles. The lowest BCUT2D eigenvalue weighted by molar-refractivity contribution is -0.138. The number of rotatable bonds is 7. The molecule has 0 bridgehead atoms. The predicted molar refractivity (Wildman–Crippen MR) is 119 cm³/mol. The van der Waals surface area contributed by atoms with Gasteiger partial charge < -0.3 is 14.7 Å². The van der Waals surface area contributed by atoms with Crippen LogP contribution in [0.1, 0.15) is 36.0 Å². The van der Waals surface area contributed by atoms with Crippen molar-refractivity contribution >= 4 is 12.1 Å². The highest BCUT2D eigenvalue weighted by Crippen LogP contribution is 2.44. The van der Waals surface area contributed by atoms with Gasteiger partial charge in [0.15, 0.2) is 0 Å². The molecule has 0 radical (unpaired) electrons. The Morgan fingerprint density at radius 3 is 2.09 bits per heavy atom. The van der Waals surface area contributed by atoms with Crippen molar-refractivity contribution in [1.29, 1.82) is 0 Å². The van der Waals surface area contributed by atoms with Crippen molar-refractivity contribution < 1.29 is 23.8 Å². The van der Waals surface area contributed by atoms with E-state index in [2.05, 4.69) is 12.1 Å². The average Bonchev–Trinajstić information content (AvgIpc) is 3.10. The fraction of sp³-hybridized carbons (Fsp3) is 0.231. The van der Waals surface area contributed by atoms with Crippen molar-refractivity contribution in [3.63, 3.8) is 0 Å². The van der Waals surface area contributed by atoms with Crippen LogP contribution in [0.3, 0.4) is 0 Å². The maximum atomic E-state index is 13.3. The Morgan fingerprint density at radius 2 is 1.53 bits per heavy atom. The molecule has 0 aliphatic heterocycles. The molecular formula is C26H24FNO4. The molecule has 164 valence electrons. The Kier molecular flexibility index (Phi) is 6.21. The lowest BCUT2D eigenvalue weighted by Gasteiger charge is -2.28. The molecule has 1 N–H and O–H groups in total. The van der Waals surface area contributed by atoms with Gasteiger partial charge in [-0.15, -0.1) is 0 Å². The molecule has 0 aromatic heterocycles. The van der Waals surface area contributed by atoms with Crippen LogP contribution in [0.25, 0.3) is 11.1 Å². The number of carboxylic acid groups (broad SMARTS) is 1. The second-order valence-corrected chi connectivity index (χ2v) is 8.01. The van der Waals surface area contributed by atoms with Crippen molar-refractivity contribution in [2.75, 3.05) is 6.61 Å². The average molecular weight is 433 g/mol. The van der Waals surface area contributed by atoms with E-state index in [9.17, 15) is 19.1 Å². The van der Waals surface area contributed by atoms with Crippen LogP contribution in [0, 0.1) is 5.82 Å². The van der Waals surface area contributed by atoms with E-state index in [0.29, 0.717) is 5.56 Å². The van der Waals surface area contributed by atoms with Gasteiger partial charge in [0, 0.05) is 18.5 Å². The SMILES string of the molecule is CC(CC(=O)O)N(Cc1ccc(F)cc1)C(=O)OCC1c2ccccc2-c2ccccc21. The highest BCUT2D eigenvalue weighted by molar-refractivity contribution is 5.79. The second-order valence-electron chi connectivity index (χ2n) is 8.01. The van der Waals surface area contributed by atoms with Crippen LogP contribution in [0.2, 0.25) is 0 Å². The van der Waals surface area contributed by atoms with Crippen molar-refractivity contribution in [3.8, 4) is 11.1 Å². The first-order chi connectivity index (χ1) is 15.4. The van der Waals surface area contributed by atoms with Crippen LogP contribution in [0.5, 0.6) is 0 Å². The Balaban J connectivity index is 1.53. The number of hydrogen-bond donors (Lipinski definition) is 1. The van der Waals surface area contributed by atoms with E-state index in [1.165, 1.54) is 17.0 Å². The lowest BCUT2D eigenvalue weighted by atomic mass is 9.98. The van der Waals surface area contributed by atoms with Crippen LogP contribution in [-0.2, 0) is 16.1 Å². The molecule has 32 heavy (non-hydrogen) atoms. The minimum atomic E-state index is -1.01. The quantitative estimate of drug-likeness (QED) is 0.539. The van der Waals surface area contributed by atoms with Gasteiger partial charge in [0.05, 0.1) is 6.42 Å². The van der Waals surface area contributed by atoms with E-state index < -0.39 is 18.1 Å². The molecule has 1 aliphatic carbocycles. The van der Waals surface area contributed by atoms with Gasteiger partial charge in [-0.1, -0.05) is 60.7 Å². The highest BCUT2D eigenvalue weighted by atomic mass is 19.1. The van der Waals surface area contributed by atoms with Crippen LogP contribution >= 0.6 is 0 Å². The molecule has 3 aromatic rings. The molecule has 0 fully saturated rings. The van der Waals surface area contributed by atoms with Crippen LogP contribution < -0.4 is 0 Å². The smallest absolute Gasteiger partial charge is 0.410 e. The predicted octanol–water partition coefficient (Wildman–Crippen LogP) is 5.44. The molecule has 6 heteroatoms. The number of ether oxygens (including phenoxy) is 1. The fourth-order valence-corrected chi connectivity index (χ4v) is 4.23. The second kappa shape index (κ2) is 9.22. The van der Waals surface area contributed by atoms with E-state index in [1.807, 2.05) is 36.4 Å². The first-order valence-corrected chi connectivity index (χ1v) is 10.5. The van der Waals surface area contributed by atoms with E-state index in [0.717, 1.165) is 22.3 Å². The summed E-state index contributed by atoms with van der Waals surface area (Å²) >= 11 is 0. The first kappa shape index (κ1) is 21.6. The maximum Gasteiger partial charge on any atom is 0.410 e. The van der Waals surface area contributed by atoms with E-state index in [-0.39, 0.29) is 31.3 Å². The number of hydrogen-bond acceptors (Lipinski definition) is 3. The van der Waals surface area contributed by atoms with Crippen molar-refractivity contribution in [2.24, 2.45) is 0 Å². The Morgan fingerprint density at radius 1 is 0.969 bits per heavy atom. The highest BCUT2D eigenvalue weighted by Gasteiger charge is 2.31. The van der Waals surface area contributed by atoms with Gasteiger partial charge in [0.2, 0.25) is 0 Å². The number of carbonyl (C=O) groups is 2. The number of nitrogens with zero attached hydrogens (tertiary/aromatic N) is 1. The summed E-state index contributed by atoms with van der Waals surface area (Å²) in [6.07, 6.45) is -0.810. The number of benzene rings is 3. The van der Waals surface area contributed by atoms with E-state index in [4.69, 9.17) is 4.74 Å². The van der Waals surface area contributed by atoms with Gasteiger partial charge >= 0.3 is 12.1 Å². The third-order valence-electron chi connectivity index (χ3n) is 5.84. The maximum absolute atomic E-state index is 13.3. The van der Waals surface area contributed by atoms with E-state index >= 15 is 0 Å². The number of carbonyl (C=O) groups excluding carboxylic acids is 1. The fourth-order valence-electron chi connectivity index (χ4n) is 4.23. The molecule has 0 spiro atoms. The molecule has 1 aliphatic rings. The van der Waals surface area contributed by atoms with E-state index in [1.54, 1.807) is 19.1 Å². The summed E-state index contributed by atoms with van der Waals surface area (Å²) in [7, 11) is 0. The van der Waals surface area contributed by atoms with Gasteiger partial charge in [-0.3, -0.25) is 4.79 Å². The van der Waals surface area contributed by atoms with Crippen LogP contribution in [0.15, 0.2) is 72.8 Å². The van der Waals surface area contributed by atoms with Gasteiger partial charge in [0.1, 0.15) is 12.4 Å². The monoisotopic (exact) mass is 433 g/mol. The minimum Gasteiger partial charge on any atom is -0.481 e. The van der Waals surface area contributed by atoms with Gasteiger partial charge in [0.25, 0.3) is 0 Å². The molecular weight excluding hydrogens is 409 g/mol. The Hall–Kier alpha value is -3.67. The van der Waals surface area contributed by atoms with Crippen molar-refractivity contribution in [2.45, 2.75) is 31.8 Å². The van der Waals surface area contributed by atoms with Crippen molar-refractivity contribution in [1.82, 2.24) is 4.90 Å². The topological polar surface area (TPSA) is 66.8 Å². The Bertz CT molecular complexity index is 1080. The molecule has 4 rings (SSSR count). The summed E-state index contributed by atoms with van der Waals surface area (Å²) in [5, 5.41) is 9.21. The largest absolute Gasteiger partial charge is 0.481 e. The zero-order valence-corrected chi connectivity index (χ0v) is 17.7. The summed E-state index contributed by atoms with van der Waals surface area (Å²) in [5.41, 5.74) is 5.16. The summed E-state index contributed by atoms with van der Waals surface area (Å²) < 4.78 is 19.0. The molecule has 1 amide bonds. The molecule has 0 saturated carbocycles.